The standard InChI is InChI=1S/C30H48O5Si/c1-19(31)35-25-14-16-30(18-34-36(9,10)26(2,3)4)21-13-15-28(7)20(11-12-23(28)32)29(21,8)24(33)17-22(30)27(25,5)6/h17,20-21,25H,11-16,18H2,1-10H3/t20-,21+,25?,28-,29+,30+/m1/s1. The van der Waals surface area contributed by atoms with Crippen LogP contribution in [0.15, 0.2) is 11.6 Å². The lowest BCUT2D eigenvalue weighted by Crippen LogP contribution is -2.64. The molecule has 3 saturated carbocycles. The highest BCUT2D eigenvalue weighted by Gasteiger charge is 2.69. The van der Waals surface area contributed by atoms with E-state index in [1.165, 1.54) is 6.92 Å². The number of carbonyl (C=O) groups is 3. The first-order valence-corrected chi connectivity index (χ1v) is 16.9. The average Bonchev–Trinajstić information content (AvgIpc) is 3.05. The topological polar surface area (TPSA) is 69.7 Å². The molecule has 4 aliphatic carbocycles. The molecule has 4 aliphatic rings. The minimum absolute atomic E-state index is 0.0700. The molecule has 4 rings (SSSR count). The Kier molecular flexibility index (Phi) is 6.45. The van der Waals surface area contributed by atoms with Crippen molar-refractivity contribution in [3.8, 4) is 0 Å². The molecule has 0 saturated heterocycles. The zero-order chi connectivity index (χ0) is 27.1. The van der Waals surface area contributed by atoms with E-state index in [1.54, 1.807) is 0 Å². The Morgan fingerprint density at radius 1 is 1.03 bits per heavy atom. The summed E-state index contributed by atoms with van der Waals surface area (Å²) in [5, 5.41) is 0.0782. The summed E-state index contributed by atoms with van der Waals surface area (Å²) in [4.78, 5) is 39.2. The van der Waals surface area contributed by atoms with Gasteiger partial charge in [0, 0.05) is 41.6 Å². The molecule has 0 amide bonds. The molecule has 36 heavy (non-hydrogen) atoms. The van der Waals surface area contributed by atoms with Crippen molar-refractivity contribution in [1.82, 2.24) is 0 Å². The summed E-state index contributed by atoms with van der Waals surface area (Å²) in [6, 6.07) is 0. The van der Waals surface area contributed by atoms with Gasteiger partial charge in [-0.2, -0.15) is 0 Å². The van der Waals surface area contributed by atoms with E-state index in [4.69, 9.17) is 9.16 Å². The minimum Gasteiger partial charge on any atom is -0.462 e. The van der Waals surface area contributed by atoms with Gasteiger partial charge in [0.15, 0.2) is 14.1 Å². The quantitative estimate of drug-likeness (QED) is 0.309. The predicted molar refractivity (Wildman–Crippen MR) is 144 cm³/mol. The Labute approximate surface area is 219 Å². The Balaban J connectivity index is 1.86. The average molecular weight is 517 g/mol. The van der Waals surface area contributed by atoms with Crippen LogP contribution in [0.25, 0.3) is 0 Å². The van der Waals surface area contributed by atoms with Gasteiger partial charge < -0.3 is 9.16 Å². The molecule has 202 valence electrons. The molecule has 0 spiro atoms. The molecule has 0 N–H and O–H groups in total. The monoisotopic (exact) mass is 516 g/mol. The van der Waals surface area contributed by atoms with Crippen LogP contribution < -0.4 is 0 Å². The zero-order valence-electron chi connectivity index (χ0n) is 24.3. The van der Waals surface area contributed by atoms with Crippen LogP contribution in [0.2, 0.25) is 18.1 Å². The molecule has 0 radical (unpaired) electrons. The summed E-state index contributed by atoms with van der Waals surface area (Å²) in [5.41, 5.74) is -0.649. The van der Waals surface area contributed by atoms with Crippen molar-refractivity contribution >= 4 is 25.9 Å². The van der Waals surface area contributed by atoms with Crippen LogP contribution in [0, 0.1) is 33.5 Å². The Bertz CT molecular complexity index is 1000. The van der Waals surface area contributed by atoms with Crippen LogP contribution in [-0.2, 0) is 23.5 Å². The minimum atomic E-state index is -2.06. The van der Waals surface area contributed by atoms with Gasteiger partial charge in [0.25, 0.3) is 0 Å². The first-order valence-electron chi connectivity index (χ1n) is 14.0. The van der Waals surface area contributed by atoms with Crippen LogP contribution >= 0.6 is 0 Å². The van der Waals surface area contributed by atoms with E-state index in [9.17, 15) is 14.4 Å². The van der Waals surface area contributed by atoms with Crippen molar-refractivity contribution in [3.05, 3.63) is 11.6 Å². The van der Waals surface area contributed by atoms with E-state index in [0.717, 1.165) is 37.7 Å². The normalized spacial score (nSPS) is 40.2. The Morgan fingerprint density at radius 2 is 1.67 bits per heavy atom. The predicted octanol–water partition coefficient (Wildman–Crippen LogP) is 6.66. The number of carbonyl (C=O) groups excluding carboxylic acids is 3. The number of allylic oxidation sites excluding steroid dienone is 1. The van der Waals surface area contributed by atoms with Gasteiger partial charge in [-0.05, 0) is 73.7 Å². The molecule has 1 unspecified atom stereocenters. The van der Waals surface area contributed by atoms with E-state index in [0.29, 0.717) is 18.8 Å². The number of ketones is 2. The van der Waals surface area contributed by atoms with E-state index in [2.05, 4.69) is 61.6 Å². The van der Waals surface area contributed by atoms with E-state index < -0.39 is 24.6 Å². The lowest BCUT2D eigenvalue weighted by Gasteiger charge is -2.64. The van der Waals surface area contributed by atoms with Gasteiger partial charge in [-0.15, -0.1) is 0 Å². The van der Waals surface area contributed by atoms with Crippen molar-refractivity contribution in [1.29, 1.82) is 0 Å². The molecule has 6 atom stereocenters. The summed E-state index contributed by atoms with van der Waals surface area (Å²) >= 11 is 0. The smallest absolute Gasteiger partial charge is 0.302 e. The fraction of sp³-hybridized carbons (Fsp3) is 0.833. The molecule has 0 bridgehead atoms. The number of rotatable bonds is 4. The summed E-state index contributed by atoms with van der Waals surface area (Å²) in [7, 11) is -2.06. The van der Waals surface area contributed by atoms with Crippen LogP contribution in [0.3, 0.4) is 0 Å². The molecular formula is C30H48O5Si. The first kappa shape index (κ1) is 27.8. The molecule has 6 heteroatoms. The fourth-order valence-corrected chi connectivity index (χ4v) is 9.44. The molecular weight excluding hydrogens is 468 g/mol. The summed E-state index contributed by atoms with van der Waals surface area (Å²) in [6.07, 6.45) is 6.32. The maximum absolute atomic E-state index is 14.2. The van der Waals surface area contributed by atoms with Crippen molar-refractivity contribution in [3.63, 3.8) is 0 Å². The molecule has 3 fully saturated rings. The van der Waals surface area contributed by atoms with Crippen molar-refractivity contribution in [2.45, 2.75) is 118 Å². The Hall–Kier alpha value is -1.27. The van der Waals surface area contributed by atoms with Gasteiger partial charge in [-0.25, -0.2) is 0 Å². The maximum Gasteiger partial charge on any atom is 0.302 e. The fourth-order valence-electron chi connectivity index (χ4n) is 8.39. The first-order chi connectivity index (χ1) is 16.3. The molecule has 0 aromatic carbocycles. The van der Waals surface area contributed by atoms with Crippen molar-refractivity contribution in [2.24, 2.45) is 33.5 Å². The van der Waals surface area contributed by atoms with Gasteiger partial charge in [-0.1, -0.05) is 48.5 Å². The number of esters is 1. The molecule has 0 aromatic heterocycles. The van der Waals surface area contributed by atoms with Gasteiger partial charge in [-0.3, -0.25) is 14.4 Å². The summed E-state index contributed by atoms with van der Waals surface area (Å²) in [5.74, 6) is 0.404. The second-order valence-electron chi connectivity index (χ2n) is 14.8. The lowest BCUT2D eigenvalue weighted by molar-refractivity contribution is -0.169. The second kappa shape index (κ2) is 8.36. The SMILES string of the molecule is CC(=O)OC1CC[C@@]2(CO[Si](C)(C)C(C)(C)C)C(=CC(=O)[C@]3(C)[C@@H]2CC[C@@]2(C)C(=O)CC[C@@H]32)C1(C)C. The lowest BCUT2D eigenvalue weighted by atomic mass is 9.39. The number of hydrogen-bond acceptors (Lipinski definition) is 5. The number of ether oxygens (including phenoxy) is 1. The summed E-state index contributed by atoms with van der Waals surface area (Å²) in [6.45, 7) is 22.0. The van der Waals surface area contributed by atoms with Crippen LogP contribution in [0.5, 0.6) is 0 Å². The zero-order valence-corrected chi connectivity index (χ0v) is 25.3. The molecule has 0 heterocycles. The van der Waals surface area contributed by atoms with Gasteiger partial charge in [0.1, 0.15) is 11.9 Å². The van der Waals surface area contributed by atoms with Gasteiger partial charge in [0.2, 0.25) is 0 Å². The largest absolute Gasteiger partial charge is 0.462 e. The van der Waals surface area contributed by atoms with Crippen molar-refractivity contribution < 1.29 is 23.5 Å². The third-order valence-corrected chi connectivity index (χ3v) is 16.1. The Morgan fingerprint density at radius 3 is 2.25 bits per heavy atom. The number of hydrogen-bond donors (Lipinski definition) is 0. The van der Waals surface area contributed by atoms with Crippen LogP contribution in [0.4, 0.5) is 0 Å². The van der Waals surface area contributed by atoms with Gasteiger partial charge in [0.05, 0.1) is 0 Å². The van der Waals surface area contributed by atoms with Crippen LogP contribution in [-0.4, -0.2) is 38.6 Å². The maximum atomic E-state index is 14.2. The third-order valence-electron chi connectivity index (χ3n) is 11.6. The van der Waals surface area contributed by atoms with Gasteiger partial charge >= 0.3 is 5.97 Å². The van der Waals surface area contributed by atoms with E-state index >= 15 is 0 Å². The van der Waals surface area contributed by atoms with E-state index in [-0.39, 0.29) is 40.1 Å². The second-order valence-corrected chi connectivity index (χ2v) is 19.6. The molecule has 0 aliphatic heterocycles. The summed E-state index contributed by atoms with van der Waals surface area (Å²) < 4.78 is 12.8. The molecule has 5 nitrogen and oxygen atoms in total. The van der Waals surface area contributed by atoms with Crippen LogP contribution in [0.1, 0.15) is 93.9 Å². The molecule has 0 aromatic rings. The highest BCUT2D eigenvalue weighted by atomic mass is 28.4. The number of Topliss-reactive ketones (excluding diaryl/α,β-unsaturated/α-hetero) is 1. The highest BCUT2D eigenvalue weighted by Crippen LogP contribution is 2.70. The van der Waals surface area contributed by atoms with Crippen molar-refractivity contribution in [2.75, 3.05) is 6.61 Å². The third kappa shape index (κ3) is 3.75. The number of fused-ring (bicyclic) bond motifs is 5. The highest BCUT2D eigenvalue weighted by molar-refractivity contribution is 6.74. The van der Waals surface area contributed by atoms with E-state index in [1.807, 2.05) is 6.08 Å².